The molecule has 0 aromatic heterocycles. The Morgan fingerprint density at radius 3 is 2.41 bits per heavy atom. The zero-order valence-corrected chi connectivity index (χ0v) is 14.2. The standard InChI is InChI=1S/C16H26N2O3S/c1-17(22(2,20)21)12-14-8-10-18(11-9-14)13-16(19)15-6-4-3-5-7-15/h3-7,14,16,19H,8-13H2,1-2H3/t16-/m1/s1. The highest BCUT2D eigenvalue weighted by atomic mass is 32.2. The zero-order valence-electron chi connectivity index (χ0n) is 13.4. The second kappa shape index (κ2) is 7.55. The van der Waals surface area contributed by atoms with Crippen molar-refractivity contribution in [2.75, 3.05) is 39.5 Å². The molecule has 124 valence electrons. The zero-order chi connectivity index (χ0) is 16.2. The van der Waals surface area contributed by atoms with Crippen molar-refractivity contribution in [2.45, 2.75) is 18.9 Å². The quantitative estimate of drug-likeness (QED) is 0.856. The van der Waals surface area contributed by atoms with Crippen LogP contribution in [-0.2, 0) is 10.0 Å². The van der Waals surface area contributed by atoms with E-state index in [0.29, 0.717) is 19.0 Å². The van der Waals surface area contributed by atoms with E-state index in [-0.39, 0.29) is 0 Å². The Kier molecular flexibility index (Phi) is 5.97. The van der Waals surface area contributed by atoms with Gasteiger partial charge in [0.25, 0.3) is 0 Å². The predicted octanol–water partition coefficient (Wildman–Crippen LogP) is 1.32. The van der Waals surface area contributed by atoms with Gasteiger partial charge in [-0.05, 0) is 37.4 Å². The van der Waals surface area contributed by atoms with Crippen molar-refractivity contribution in [3.05, 3.63) is 35.9 Å². The molecule has 0 amide bonds. The predicted molar refractivity (Wildman–Crippen MR) is 88.0 cm³/mol. The number of likely N-dealkylation sites (tertiary alicyclic amines) is 1. The molecular weight excluding hydrogens is 300 g/mol. The lowest BCUT2D eigenvalue weighted by atomic mass is 9.96. The van der Waals surface area contributed by atoms with Gasteiger partial charge in [-0.3, -0.25) is 0 Å². The summed E-state index contributed by atoms with van der Waals surface area (Å²) in [7, 11) is -1.45. The van der Waals surface area contributed by atoms with Crippen molar-refractivity contribution < 1.29 is 13.5 Å². The summed E-state index contributed by atoms with van der Waals surface area (Å²) < 4.78 is 24.3. The lowest BCUT2D eigenvalue weighted by molar-refractivity contribution is 0.0869. The van der Waals surface area contributed by atoms with Gasteiger partial charge in [0, 0.05) is 20.1 Å². The van der Waals surface area contributed by atoms with E-state index in [1.807, 2.05) is 30.3 Å². The summed E-state index contributed by atoms with van der Waals surface area (Å²) in [5, 5.41) is 10.3. The number of β-amino-alcohol motifs (C(OH)–C–C–N with tert-alkyl or cyclic N) is 1. The van der Waals surface area contributed by atoms with E-state index >= 15 is 0 Å². The molecule has 0 spiro atoms. The van der Waals surface area contributed by atoms with Crippen LogP contribution in [0.15, 0.2) is 30.3 Å². The van der Waals surface area contributed by atoms with Crippen molar-refractivity contribution in [2.24, 2.45) is 5.92 Å². The van der Waals surface area contributed by atoms with Gasteiger partial charge in [0.05, 0.1) is 12.4 Å². The van der Waals surface area contributed by atoms with E-state index in [1.54, 1.807) is 7.05 Å². The highest BCUT2D eigenvalue weighted by Crippen LogP contribution is 2.21. The number of nitrogens with zero attached hydrogens (tertiary/aromatic N) is 2. The number of aliphatic hydroxyl groups is 1. The first-order chi connectivity index (χ1) is 10.4. The Labute approximate surface area is 133 Å². The fourth-order valence-corrected chi connectivity index (χ4v) is 3.36. The van der Waals surface area contributed by atoms with Crippen molar-refractivity contribution in [1.29, 1.82) is 0 Å². The Bertz CT molecular complexity index is 554. The fourth-order valence-electron chi connectivity index (χ4n) is 2.88. The molecule has 0 saturated carbocycles. The summed E-state index contributed by atoms with van der Waals surface area (Å²) >= 11 is 0. The molecule has 6 heteroatoms. The van der Waals surface area contributed by atoms with Crippen LogP contribution in [0.25, 0.3) is 0 Å². The molecule has 1 N–H and O–H groups in total. The molecule has 1 aromatic rings. The minimum atomic E-state index is -3.09. The van der Waals surface area contributed by atoms with Crippen molar-refractivity contribution in [3.8, 4) is 0 Å². The van der Waals surface area contributed by atoms with Crippen LogP contribution in [0.3, 0.4) is 0 Å². The molecule has 2 rings (SSSR count). The normalized spacial score (nSPS) is 19.5. The van der Waals surface area contributed by atoms with Crippen molar-refractivity contribution in [1.82, 2.24) is 9.21 Å². The molecule has 1 aromatic carbocycles. The highest BCUT2D eigenvalue weighted by molar-refractivity contribution is 7.88. The lowest BCUT2D eigenvalue weighted by Crippen LogP contribution is -2.40. The van der Waals surface area contributed by atoms with E-state index in [2.05, 4.69) is 4.90 Å². The number of rotatable bonds is 6. The molecule has 0 radical (unpaired) electrons. The van der Waals surface area contributed by atoms with Crippen LogP contribution in [0.5, 0.6) is 0 Å². The van der Waals surface area contributed by atoms with Gasteiger partial charge >= 0.3 is 0 Å². The Balaban J connectivity index is 1.78. The van der Waals surface area contributed by atoms with Gasteiger partial charge < -0.3 is 10.0 Å². The van der Waals surface area contributed by atoms with Gasteiger partial charge in [-0.2, -0.15) is 0 Å². The molecule has 0 bridgehead atoms. The smallest absolute Gasteiger partial charge is 0.210 e. The molecule has 0 unspecified atom stereocenters. The van der Waals surface area contributed by atoms with Crippen molar-refractivity contribution in [3.63, 3.8) is 0 Å². The first-order valence-electron chi connectivity index (χ1n) is 7.73. The van der Waals surface area contributed by atoms with Gasteiger partial charge in [-0.25, -0.2) is 12.7 Å². The van der Waals surface area contributed by atoms with Crippen LogP contribution in [0, 0.1) is 5.92 Å². The number of aliphatic hydroxyl groups excluding tert-OH is 1. The summed E-state index contributed by atoms with van der Waals surface area (Å²) in [4.78, 5) is 2.26. The largest absolute Gasteiger partial charge is 0.387 e. The van der Waals surface area contributed by atoms with Crippen LogP contribution in [0.4, 0.5) is 0 Å². The average molecular weight is 326 g/mol. The molecule has 1 aliphatic rings. The van der Waals surface area contributed by atoms with Gasteiger partial charge in [-0.15, -0.1) is 0 Å². The Morgan fingerprint density at radius 1 is 1.27 bits per heavy atom. The van der Waals surface area contributed by atoms with Crippen LogP contribution < -0.4 is 0 Å². The third-order valence-corrected chi connectivity index (χ3v) is 5.69. The number of hydrogen-bond donors (Lipinski definition) is 1. The fraction of sp³-hybridized carbons (Fsp3) is 0.625. The highest BCUT2D eigenvalue weighted by Gasteiger charge is 2.24. The minimum Gasteiger partial charge on any atom is -0.387 e. The molecule has 22 heavy (non-hydrogen) atoms. The average Bonchev–Trinajstić information content (AvgIpc) is 2.49. The second-order valence-electron chi connectivity index (χ2n) is 6.21. The van der Waals surface area contributed by atoms with Gasteiger partial charge in [0.2, 0.25) is 10.0 Å². The van der Waals surface area contributed by atoms with Crippen LogP contribution >= 0.6 is 0 Å². The Morgan fingerprint density at radius 2 is 1.86 bits per heavy atom. The molecule has 1 heterocycles. The van der Waals surface area contributed by atoms with Crippen LogP contribution in [-0.4, -0.2) is 62.2 Å². The van der Waals surface area contributed by atoms with Gasteiger partial charge in [-0.1, -0.05) is 30.3 Å². The number of sulfonamides is 1. The molecule has 1 fully saturated rings. The Hall–Kier alpha value is -0.950. The van der Waals surface area contributed by atoms with E-state index < -0.39 is 16.1 Å². The van der Waals surface area contributed by atoms with E-state index in [0.717, 1.165) is 31.5 Å². The summed E-state index contributed by atoms with van der Waals surface area (Å²) in [6.07, 6.45) is 2.73. The number of piperidine rings is 1. The third-order valence-electron chi connectivity index (χ3n) is 4.40. The van der Waals surface area contributed by atoms with Crippen LogP contribution in [0.1, 0.15) is 24.5 Å². The number of hydrogen-bond acceptors (Lipinski definition) is 4. The molecule has 1 aliphatic heterocycles. The summed E-state index contributed by atoms with van der Waals surface area (Å²) in [5.41, 5.74) is 0.946. The maximum atomic E-state index is 11.5. The van der Waals surface area contributed by atoms with E-state index in [9.17, 15) is 13.5 Å². The molecule has 1 saturated heterocycles. The maximum absolute atomic E-state index is 11.5. The van der Waals surface area contributed by atoms with E-state index in [4.69, 9.17) is 0 Å². The summed E-state index contributed by atoms with van der Waals surface area (Å²) in [5.74, 6) is 0.407. The maximum Gasteiger partial charge on any atom is 0.210 e. The SMILES string of the molecule is CN(CC1CCN(C[C@@H](O)c2ccccc2)CC1)S(C)(=O)=O. The monoisotopic (exact) mass is 326 g/mol. The molecular formula is C16H26N2O3S. The first kappa shape index (κ1) is 17.4. The second-order valence-corrected chi connectivity index (χ2v) is 8.30. The van der Waals surface area contributed by atoms with Crippen LogP contribution in [0.2, 0.25) is 0 Å². The van der Waals surface area contributed by atoms with E-state index in [1.165, 1.54) is 10.6 Å². The molecule has 5 nitrogen and oxygen atoms in total. The topological polar surface area (TPSA) is 60.9 Å². The summed E-state index contributed by atoms with van der Waals surface area (Å²) in [6.45, 7) is 3.05. The first-order valence-corrected chi connectivity index (χ1v) is 9.58. The van der Waals surface area contributed by atoms with Crippen molar-refractivity contribution >= 4 is 10.0 Å². The molecule has 0 aliphatic carbocycles. The minimum absolute atomic E-state index is 0.407. The van der Waals surface area contributed by atoms with Gasteiger partial charge in [0.15, 0.2) is 0 Å². The molecule has 1 atom stereocenters. The van der Waals surface area contributed by atoms with Gasteiger partial charge in [0.1, 0.15) is 0 Å². The third kappa shape index (κ3) is 5.05. The number of benzene rings is 1. The lowest BCUT2D eigenvalue weighted by Gasteiger charge is -2.34. The summed E-state index contributed by atoms with van der Waals surface area (Å²) in [6, 6.07) is 9.70.